The zero-order valence-corrected chi connectivity index (χ0v) is 10.3. The molecule has 0 aromatic heterocycles. The fourth-order valence-electron chi connectivity index (χ4n) is 1.35. The Morgan fingerprint density at radius 2 is 1.79 bits per heavy atom. The van der Waals surface area contributed by atoms with Gasteiger partial charge in [-0.25, -0.2) is 0 Å². The zero-order chi connectivity index (χ0) is 9.80. The van der Waals surface area contributed by atoms with Gasteiger partial charge >= 0.3 is 0 Å². The number of hydrogen-bond acceptors (Lipinski definition) is 1. The van der Waals surface area contributed by atoms with E-state index in [9.17, 15) is 0 Å². The van der Waals surface area contributed by atoms with Crippen molar-refractivity contribution in [3.8, 4) is 11.2 Å². The highest BCUT2D eigenvalue weighted by molar-refractivity contribution is 14.2. The highest BCUT2D eigenvalue weighted by Gasteiger charge is 1.92. The van der Waals surface area contributed by atoms with Crippen molar-refractivity contribution in [3.63, 3.8) is 0 Å². The van der Waals surface area contributed by atoms with Gasteiger partial charge in [0.2, 0.25) is 0 Å². The number of rotatable bonds is 0. The minimum absolute atomic E-state index is 1.08. The molecule has 0 radical (unpaired) electrons. The quantitative estimate of drug-likeness (QED) is 0.518. The molecule has 0 spiro atoms. The van der Waals surface area contributed by atoms with Crippen LogP contribution in [0.1, 0.15) is 5.56 Å². The predicted octanol–water partition coefficient (Wildman–Crippen LogP) is 4.23. The van der Waals surface area contributed by atoms with Crippen LogP contribution in [0.15, 0.2) is 42.5 Å². The molecule has 0 fully saturated rings. The van der Waals surface area contributed by atoms with Gasteiger partial charge in [-0.2, -0.15) is 0 Å². The molecule has 0 aliphatic heterocycles. The van der Waals surface area contributed by atoms with Gasteiger partial charge in [0, 0.05) is 26.8 Å². The monoisotopic (exact) mass is 310 g/mol. The van der Waals surface area contributed by atoms with Crippen molar-refractivity contribution in [2.45, 2.75) is 0 Å². The Morgan fingerprint density at radius 3 is 2.57 bits per heavy atom. The molecule has 14 heavy (non-hydrogen) atoms. The lowest BCUT2D eigenvalue weighted by Gasteiger charge is -1.96. The Labute approximate surface area is 99.7 Å². The summed E-state index contributed by atoms with van der Waals surface area (Å²) in [7, 11) is 1.51. The first-order chi connectivity index (χ1) is 6.90. The van der Waals surface area contributed by atoms with Crippen molar-refractivity contribution in [3.05, 3.63) is 48.0 Å². The summed E-state index contributed by atoms with van der Waals surface area (Å²) in [6, 6.07) is 14.6. The lowest BCUT2D eigenvalue weighted by Crippen LogP contribution is -1.75. The van der Waals surface area contributed by atoms with E-state index in [4.69, 9.17) is 0 Å². The van der Waals surface area contributed by atoms with Crippen molar-refractivity contribution < 1.29 is 0 Å². The lowest BCUT2D eigenvalue weighted by molar-refractivity contribution is 1.70. The summed E-state index contributed by atoms with van der Waals surface area (Å²) < 4.78 is 0. The van der Waals surface area contributed by atoms with E-state index in [2.05, 4.69) is 62.7 Å². The molecular weight excluding hydrogens is 303 g/mol. The molecule has 0 N–H and O–H groups in total. The Bertz CT molecular complexity index is 508. The van der Waals surface area contributed by atoms with Gasteiger partial charge in [-0.3, -0.25) is 0 Å². The van der Waals surface area contributed by atoms with Crippen molar-refractivity contribution in [2.75, 3.05) is 0 Å². The number of fused-ring (bicyclic) bond motifs is 1. The van der Waals surface area contributed by atoms with Gasteiger partial charge in [-0.1, -0.05) is 36.3 Å². The molecule has 2 rings (SSSR count). The third-order valence-corrected chi connectivity index (χ3v) is 2.82. The Morgan fingerprint density at radius 1 is 1.00 bits per heavy atom. The minimum Gasteiger partial charge on any atom is -0.0616 e. The van der Waals surface area contributed by atoms with Crippen LogP contribution in [-0.2, 0) is 0 Å². The number of hydrogen-bond donors (Lipinski definition) is 0. The molecule has 2 aromatic carbocycles. The fourth-order valence-corrected chi connectivity index (χ4v) is 1.83. The first-order valence-electron chi connectivity index (χ1n) is 4.17. The van der Waals surface area contributed by atoms with Crippen LogP contribution in [0, 0.1) is 11.2 Å². The summed E-state index contributed by atoms with van der Waals surface area (Å²) >= 11 is 2.18. The van der Waals surface area contributed by atoms with E-state index >= 15 is 0 Å². The first kappa shape index (κ1) is 9.88. The molecule has 68 valence electrons. The van der Waals surface area contributed by atoms with Crippen LogP contribution in [0.3, 0.4) is 0 Å². The van der Waals surface area contributed by atoms with Gasteiger partial charge in [0.05, 0.1) is 0 Å². The molecule has 0 amide bonds. The third kappa shape index (κ3) is 2.23. The second-order valence-electron chi connectivity index (χ2n) is 2.87. The third-order valence-electron chi connectivity index (χ3n) is 1.98. The van der Waals surface area contributed by atoms with Crippen LogP contribution in [0.2, 0.25) is 0 Å². The van der Waals surface area contributed by atoms with Crippen molar-refractivity contribution >= 4 is 40.9 Å². The topological polar surface area (TPSA) is 0 Å². The Balaban J connectivity index is 2.51. The van der Waals surface area contributed by atoms with Crippen LogP contribution in [-0.4, -0.2) is 0 Å². The first-order valence-corrected chi connectivity index (χ1v) is 7.53. The maximum absolute atomic E-state index is 3.09. The van der Waals surface area contributed by atoms with Crippen molar-refractivity contribution in [1.29, 1.82) is 0 Å². The van der Waals surface area contributed by atoms with E-state index in [-0.39, 0.29) is 0 Å². The van der Waals surface area contributed by atoms with E-state index < -0.39 is 0 Å². The standard InChI is InChI=1S/C12H7IS/c13-14-8-7-10-5-6-11-3-1-2-4-12(11)9-10/h1-6,9H. The zero-order valence-electron chi connectivity index (χ0n) is 7.33. The van der Waals surface area contributed by atoms with Gasteiger partial charge in [-0.15, -0.1) is 0 Å². The molecule has 0 aliphatic rings. The lowest BCUT2D eigenvalue weighted by atomic mass is 10.1. The summed E-state index contributed by atoms with van der Waals surface area (Å²) in [4.78, 5) is 0. The Hall–Kier alpha value is -0.660. The molecule has 2 heteroatoms. The summed E-state index contributed by atoms with van der Waals surface area (Å²) in [5.74, 6) is 3.09. The molecule has 0 unspecified atom stereocenters. The molecule has 0 aliphatic carbocycles. The van der Waals surface area contributed by atoms with Crippen LogP contribution in [0.25, 0.3) is 10.8 Å². The molecule has 0 saturated carbocycles. The number of benzene rings is 2. The maximum atomic E-state index is 3.09. The smallest absolute Gasteiger partial charge is 0.0260 e. The molecular formula is C12H7IS. The van der Waals surface area contributed by atoms with E-state index in [1.54, 1.807) is 0 Å². The molecule has 2 aromatic rings. The second kappa shape index (κ2) is 4.72. The van der Waals surface area contributed by atoms with Crippen LogP contribution >= 0.6 is 30.1 Å². The van der Waals surface area contributed by atoms with Crippen LogP contribution in [0.4, 0.5) is 0 Å². The average molecular weight is 310 g/mol. The second-order valence-corrected chi connectivity index (χ2v) is 4.55. The minimum atomic E-state index is 1.08. The highest BCUT2D eigenvalue weighted by Crippen LogP contribution is 2.15. The van der Waals surface area contributed by atoms with Crippen molar-refractivity contribution in [1.82, 2.24) is 0 Å². The van der Waals surface area contributed by atoms with Crippen molar-refractivity contribution in [2.24, 2.45) is 0 Å². The summed E-state index contributed by atoms with van der Waals surface area (Å²) in [6.45, 7) is 0. The predicted molar refractivity (Wildman–Crippen MR) is 72.4 cm³/mol. The van der Waals surface area contributed by atoms with E-state index in [0.29, 0.717) is 0 Å². The van der Waals surface area contributed by atoms with Gasteiger partial charge in [0.25, 0.3) is 0 Å². The highest BCUT2D eigenvalue weighted by atomic mass is 127. The van der Waals surface area contributed by atoms with Gasteiger partial charge in [-0.05, 0) is 37.1 Å². The van der Waals surface area contributed by atoms with E-state index in [0.717, 1.165) is 5.56 Å². The molecule has 0 saturated heterocycles. The van der Waals surface area contributed by atoms with Gasteiger partial charge in [0.15, 0.2) is 0 Å². The molecule has 0 nitrogen and oxygen atoms in total. The Kier molecular flexibility index (Phi) is 3.33. The summed E-state index contributed by atoms with van der Waals surface area (Å²) in [5.41, 5.74) is 1.08. The largest absolute Gasteiger partial charge is 0.0616 e. The average Bonchev–Trinajstić information content (AvgIpc) is 2.26. The van der Waals surface area contributed by atoms with E-state index in [1.165, 1.54) is 19.7 Å². The maximum Gasteiger partial charge on any atom is 0.0260 e. The normalized spacial score (nSPS) is 9.50. The molecule has 0 bridgehead atoms. The fraction of sp³-hybridized carbons (Fsp3) is 0. The van der Waals surface area contributed by atoms with Gasteiger partial charge in [0.1, 0.15) is 0 Å². The van der Waals surface area contributed by atoms with Crippen LogP contribution < -0.4 is 0 Å². The molecule has 0 heterocycles. The van der Waals surface area contributed by atoms with Crippen LogP contribution in [0.5, 0.6) is 0 Å². The number of halogens is 1. The molecule has 0 atom stereocenters. The summed E-state index contributed by atoms with van der Waals surface area (Å²) in [6.07, 6.45) is 0. The SMILES string of the molecule is ISC#Cc1ccc2ccccc2c1. The van der Waals surface area contributed by atoms with E-state index in [1.807, 2.05) is 12.1 Å². The summed E-state index contributed by atoms with van der Waals surface area (Å²) in [5, 5.41) is 5.49. The van der Waals surface area contributed by atoms with Gasteiger partial charge < -0.3 is 0 Å².